The van der Waals surface area contributed by atoms with E-state index < -0.39 is 0 Å². The first-order chi connectivity index (χ1) is 9.54. The van der Waals surface area contributed by atoms with E-state index >= 15 is 0 Å². The minimum atomic E-state index is 0. The topological polar surface area (TPSA) is 45.5 Å². The number of halogens is 1. The molecule has 1 aliphatic heterocycles. The van der Waals surface area contributed by atoms with E-state index in [0.29, 0.717) is 12.0 Å². The third-order valence-corrected chi connectivity index (χ3v) is 4.63. The molecule has 2 aromatic rings. The van der Waals surface area contributed by atoms with E-state index in [1.165, 1.54) is 11.4 Å². The van der Waals surface area contributed by atoms with E-state index in [4.69, 9.17) is 4.98 Å². The highest BCUT2D eigenvalue weighted by atomic mass is 35.5. The number of nitrogens with zero attached hydrogens (tertiary/aromatic N) is 4. The summed E-state index contributed by atoms with van der Waals surface area (Å²) in [7, 11) is 0. The number of imidazole rings is 1. The van der Waals surface area contributed by atoms with Crippen LogP contribution in [0.3, 0.4) is 0 Å². The lowest BCUT2D eigenvalue weighted by atomic mass is 10.1. The Morgan fingerprint density at radius 1 is 1.43 bits per heavy atom. The van der Waals surface area contributed by atoms with Gasteiger partial charge in [-0.3, -0.25) is 4.90 Å². The molecule has 0 amide bonds. The number of hydrogen-bond acceptors (Lipinski definition) is 5. The number of aromatic nitrogens is 3. The third-order valence-electron chi connectivity index (χ3n) is 3.80. The molecule has 3 rings (SSSR count). The van der Waals surface area contributed by atoms with Crippen molar-refractivity contribution < 1.29 is 0 Å². The van der Waals surface area contributed by atoms with E-state index in [-0.39, 0.29) is 12.4 Å². The van der Waals surface area contributed by atoms with Gasteiger partial charge in [0, 0.05) is 32.2 Å². The zero-order valence-corrected chi connectivity index (χ0v) is 14.7. The first kappa shape index (κ1) is 16.7. The average molecular weight is 330 g/mol. The second-order valence-electron chi connectivity index (χ2n) is 6.00. The number of nitrogens with one attached hydrogen (secondary N) is 1. The van der Waals surface area contributed by atoms with E-state index in [1.54, 1.807) is 11.3 Å². The molecule has 3 heterocycles. The lowest BCUT2D eigenvalue weighted by molar-refractivity contribution is 0.196. The molecule has 0 bridgehead atoms. The van der Waals surface area contributed by atoms with Crippen LogP contribution in [0, 0.1) is 6.92 Å². The van der Waals surface area contributed by atoms with Gasteiger partial charge in [0.1, 0.15) is 5.01 Å². The van der Waals surface area contributed by atoms with Crippen molar-refractivity contribution in [2.24, 2.45) is 0 Å². The molecule has 5 nitrogen and oxygen atoms in total. The van der Waals surface area contributed by atoms with Crippen LogP contribution in [-0.4, -0.2) is 45.2 Å². The molecule has 0 radical (unpaired) electrons. The third kappa shape index (κ3) is 3.39. The van der Waals surface area contributed by atoms with Crippen LogP contribution in [0.5, 0.6) is 0 Å². The molecule has 0 aromatic carbocycles. The number of rotatable bonds is 3. The predicted octanol–water partition coefficient (Wildman–Crippen LogP) is 2.44. The summed E-state index contributed by atoms with van der Waals surface area (Å²) in [6, 6.07) is 0.562. The van der Waals surface area contributed by atoms with Crippen molar-refractivity contribution in [2.75, 3.05) is 19.6 Å². The summed E-state index contributed by atoms with van der Waals surface area (Å²) in [6.07, 6.45) is 0. The van der Waals surface area contributed by atoms with Crippen molar-refractivity contribution in [3.05, 3.63) is 16.4 Å². The highest BCUT2D eigenvalue weighted by molar-refractivity contribution is 7.16. The quantitative estimate of drug-likeness (QED) is 0.939. The van der Waals surface area contributed by atoms with E-state index in [1.807, 2.05) is 6.92 Å². The molecule has 0 saturated carbocycles. The van der Waals surface area contributed by atoms with Crippen LogP contribution in [0.1, 0.15) is 43.1 Å². The van der Waals surface area contributed by atoms with Crippen molar-refractivity contribution in [1.29, 1.82) is 0 Å². The molecule has 1 unspecified atom stereocenters. The van der Waals surface area contributed by atoms with Crippen LogP contribution in [0.15, 0.2) is 0 Å². The van der Waals surface area contributed by atoms with Crippen molar-refractivity contribution in [3.8, 4) is 0 Å². The molecule has 118 valence electrons. The Bertz CT molecular complexity index is 606. The van der Waals surface area contributed by atoms with Crippen LogP contribution >= 0.6 is 23.7 Å². The fraction of sp³-hybridized carbons (Fsp3) is 0.714. The summed E-state index contributed by atoms with van der Waals surface area (Å²) in [5.41, 5.74) is 2.48. The molecule has 0 spiro atoms. The zero-order valence-electron chi connectivity index (χ0n) is 13.1. The number of piperazine rings is 1. The summed E-state index contributed by atoms with van der Waals surface area (Å²) in [6.45, 7) is 12.9. The number of hydrogen-bond donors (Lipinski definition) is 1. The van der Waals surface area contributed by atoms with Gasteiger partial charge in [0.05, 0.1) is 11.4 Å². The van der Waals surface area contributed by atoms with Crippen LogP contribution in [-0.2, 0) is 6.54 Å². The van der Waals surface area contributed by atoms with Gasteiger partial charge in [-0.2, -0.15) is 5.10 Å². The second kappa shape index (κ2) is 6.60. The maximum absolute atomic E-state index is 4.79. The fourth-order valence-corrected chi connectivity index (χ4v) is 3.65. The maximum atomic E-state index is 4.79. The Labute approximate surface area is 136 Å². The normalized spacial score (nSPS) is 20.1. The minimum absolute atomic E-state index is 0. The van der Waals surface area contributed by atoms with Gasteiger partial charge in [0.25, 0.3) is 0 Å². The number of fused-ring (bicyclic) bond motifs is 1. The average Bonchev–Trinajstić information content (AvgIpc) is 2.87. The highest BCUT2D eigenvalue weighted by Gasteiger charge is 2.22. The van der Waals surface area contributed by atoms with Crippen molar-refractivity contribution >= 4 is 28.7 Å². The fourth-order valence-electron chi connectivity index (χ4n) is 2.88. The van der Waals surface area contributed by atoms with Crippen LogP contribution in [0.4, 0.5) is 0 Å². The molecule has 1 fully saturated rings. The van der Waals surface area contributed by atoms with Gasteiger partial charge < -0.3 is 5.32 Å². The lowest BCUT2D eigenvalue weighted by Gasteiger charge is -2.31. The summed E-state index contributed by atoms with van der Waals surface area (Å²) >= 11 is 1.68. The van der Waals surface area contributed by atoms with Gasteiger partial charge in [-0.25, -0.2) is 9.50 Å². The standard InChI is InChI=1S/C14H23N5S.ClH/c1-9(2)13-12(8-18-6-5-15-10(3)7-18)19-14(16-13)20-11(4)17-19;/h9-10,15H,5-8H2,1-4H3;1H. The Balaban J connectivity index is 0.00000161. The Kier molecular flexibility index (Phi) is 5.24. The Hall–Kier alpha value is -0.690. The first-order valence-corrected chi connectivity index (χ1v) is 8.17. The smallest absolute Gasteiger partial charge is 0.212 e. The Morgan fingerprint density at radius 2 is 2.19 bits per heavy atom. The molecular weight excluding hydrogens is 306 g/mol. The van der Waals surface area contributed by atoms with E-state index in [2.05, 4.69) is 40.6 Å². The molecule has 21 heavy (non-hydrogen) atoms. The molecular formula is C14H24ClN5S. The van der Waals surface area contributed by atoms with Crippen molar-refractivity contribution in [1.82, 2.24) is 24.8 Å². The van der Waals surface area contributed by atoms with Gasteiger partial charge in [-0.15, -0.1) is 12.4 Å². The minimum Gasteiger partial charge on any atom is -0.312 e. The summed E-state index contributed by atoms with van der Waals surface area (Å²) in [5, 5.41) is 9.20. The zero-order chi connectivity index (χ0) is 14.3. The molecule has 1 N–H and O–H groups in total. The van der Waals surface area contributed by atoms with Gasteiger partial charge in [0.15, 0.2) is 0 Å². The molecule has 7 heteroatoms. The predicted molar refractivity (Wildman–Crippen MR) is 89.7 cm³/mol. The largest absolute Gasteiger partial charge is 0.312 e. The maximum Gasteiger partial charge on any atom is 0.212 e. The summed E-state index contributed by atoms with van der Waals surface area (Å²) < 4.78 is 2.06. The second-order valence-corrected chi connectivity index (χ2v) is 7.16. The van der Waals surface area contributed by atoms with Gasteiger partial charge in [0.2, 0.25) is 4.96 Å². The lowest BCUT2D eigenvalue weighted by Crippen LogP contribution is -2.48. The SMILES string of the molecule is Cc1nn2c(CN3CCNC(C)C3)c(C(C)C)nc2s1.Cl. The molecule has 1 atom stereocenters. The molecule has 1 aliphatic rings. The van der Waals surface area contributed by atoms with Crippen molar-refractivity contribution in [3.63, 3.8) is 0 Å². The highest BCUT2D eigenvalue weighted by Crippen LogP contribution is 2.25. The van der Waals surface area contributed by atoms with Gasteiger partial charge >= 0.3 is 0 Å². The van der Waals surface area contributed by atoms with Crippen LogP contribution in [0.25, 0.3) is 4.96 Å². The number of aryl methyl sites for hydroxylation is 1. The monoisotopic (exact) mass is 329 g/mol. The van der Waals surface area contributed by atoms with Crippen molar-refractivity contribution in [2.45, 2.75) is 46.2 Å². The van der Waals surface area contributed by atoms with Gasteiger partial charge in [-0.1, -0.05) is 25.2 Å². The van der Waals surface area contributed by atoms with Gasteiger partial charge in [-0.05, 0) is 19.8 Å². The Morgan fingerprint density at radius 3 is 2.86 bits per heavy atom. The summed E-state index contributed by atoms with van der Waals surface area (Å²) in [5.74, 6) is 0.444. The summed E-state index contributed by atoms with van der Waals surface area (Å²) in [4.78, 5) is 8.33. The van der Waals surface area contributed by atoms with E-state index in [9.17, 15) is 0 Å². The molecule has 0 aliphatic carbocycles. The van der Waals surface area contributed by atoms with Crippen LogP contribution in [0.2, 0.25) is 0 Å². The first-order valence-electron chi connectivity index (χ1n) is 7.35. The van der Waals surface area contributed by atoms with Crippen LogP contribution < -0.4 is 5.32 Å². The van der Waals surface area contributed by atoms with E-state index in [0.717, 1.165) is 36.1 Å². The molecule has 2 aromatic heterocycles. The molecule has 1 saturated heterocycles.